The summed E-state index contributed by atoms with van der Waals surface area (Å²) in [6.45, 7) is 7.15. The molecule has 0 unspecified atom stereocenters. The van der Waals surface area contributed by atoms with Gasteiger partial charge in [0, 0.05) is 11.0 Å². The molecule has 2 fully saturated rings. The van der Waals surface area contributed by atoms with Crippen LogP contribution in [0.5, 0.6) is 5.75 Å². The summed E-state index contributed by atoms with van der Waals surface area (Å²) in [5.74, 6) is 2.06. The first-order valence-corrected chi connectivity index (χ1v) is 6.76. The summed E-state index contributed by atoms with van der Waals surface area (Å²) in [6.07, 6.45) is 4.05. The number of hydrogen-bond acceptors (Lipinski definition) is 1. The Balaban J connectivity index is 2.16. The fourth-order valence-corrected chi connectivity index (χ4v) is 4.59. The van der Waals surface area contributed by atoms with Crippen molar-refractivity contribution in [3.05, 3.63) is 29.8 Å². The van der Waals surface area contributed by atoms with Crippen LogP contribution in [-0.4, -0.2) is 5.11 Å². The van der Waals surface area contributed by atoms with E-state index in [-0.39, 0.29) is 5.41 Å². The van der Waals surface area contributed by atoms with E-state index in [1.165, 1.54) is 19.3 Å². The molecule has 1 aromatic rings. The second-order valence-corrected chi connectivity index (χ2v) is 6.65. The number of hydrogen-bond donors (Lipinski definition) is 1. The molecule has 1 heteroatoms. The maximum Gasteiger partial charge on any atom is 0.119 e. The monoisotopic (exact) mass is 230 g/mol. The van der Waals surface area contributed by atoms with Gasteiger partial charge in [0.25, 0.3) is 0 Å². The van der Waals surface area contributed by atoms with Gasteiger partial charge < -0.3 is 5.11 Å². The third kappa shape index (κ3) is 1.20. The normalized spacial score (nSPS) is 38.5. The van der Waals surface area contributed by atoms with Crippen LogP contribution in [0.1, 0.15) is 45.6 Å². The zero-order valence-corrected chi connectivity index (χ0v) is 11.0. The van der Waals surface area contributed by atoms with E-state index in [0.29, 0.717) is 11.2 Å². The van der Waals surface area contributed by atoms with Crippen molar-refractivity contribution < 1.29 is 5.11 Å². The molecule has 0 aromatic heterocycles. The molecule has 1 aromatic carbocycles. The molecule has 1 N–H and O–H groups in total. The van der Waals surface area contributed by atoms with Crippen molar-refractivity contribution in [2.75, 3.05) is 0 Å². The molecule has 2 saturated carbocycles. The Morgan fingerprint density at radius 1 is 1.06 bits per heavy atom. The molecule has 0 radical (unpaired) electrons. The molecule has 92 valence electrons. The number of phenolic OH excluding ortho intramolecular Hbond substituents is 1. The quantitative estimate of drug-likeness (QED) is 0.770. The fraction of sp³-hybridized carbons (Fsp3) is 0.625. The molecular formula is C16H22O. The van der Waals surface area contributed by atoms with E-state index >= 15 is 0 Å². The lowest BCUT2D eigenvalue weighted by molar-refractivity contribution is 0.0926. The van der Waals surface area contributed by atoms with E-state index in [4.69, 9.17) is 0 Å². The minimum atomic E-state index is 0.140. The smallest absolute Gasteiger partial charge is 0.119 e. The number of benzene rings is 1. The molecule has 0 heterocycles. The van der Waals surface area contributed by atoms with Gasteiger partial charge in [0.15, 0.2) is 0 Å². The molecule has 2 aliphatic carbocycles. The van der Waals surface area contributed by atoms with E-state index in [0.717, 1.165) is 17.4 Å². The van der Waals surface area contributed by atoms with Crippen LogP contribution in [-0.2, 0) is 5.41 Å². The van der Waals surface area contributed by atoms with Crippen molar-refractivity contribution in [2.24, 2.45) is 17.3 Å². The van der Waals surface area contributed by atoms with Crippen LogP contribution >= 0.6 is 0 Å². The summed E-state index contributed by atoms with van der Waals surface area (Å²) in [5, 5.41) is 10.2. The highest BCUT2D eigenvalue weighted by atomic mass is 16.3. The molecule has 3 atom stereocenters. The van der Waals surface area contributed by atoms with E-state index in [9.17, 15) is 5.11 Å². The highest BCUT2D eigenvalue weighted by molar-refractivity contribution is 5.42. The Morgan fingerprint density at radius 3 is 2.29 bits per heavy atom. The molecule has 17 heavy (non-hydrogen) atoms. The Morgan fingerprint density at radius 2 is 1.71 bits per heavy atom. The third-order valence-corrected chi connectivity index (χ3v) is 6.07. The minimum absolute atomic E-state index is 0.140. The second-order valence-electron chi connectivity index (χ2n) is 6.65. The fourth-order valence-electron chi connectivity index (χ4n) is 4.59. The summed E-state index contributed by atoms with van der Waals surface area (Å²) >= 11 is 0. The zero-order valence-electron chi connectivity index (χ0n) is 11.0. The summed E-state index contributed by atoms with van der Waals surface area (Å²) in [7, 11) is 0. The van der Waals surface area contributed by atoms with E-state index in [1.54, 1.807) is 0 Å². The number of phenols is 1. The Labute approximate surface area is 104 Å². The highest BCUT2D eigenvalue weighted by Crippen LogP contribution is 2.67. The minimum Gasteiger partial charge on any atom is -0.508 e. The average Bonchev–Trinajstić information content (AvgIpc) is 2.83. The Bertz CT molecular complexity index is 449. The van der Waals surface area contributed by atoms with Crippen molar-refractivity contribution in [3.8, 4) is 5.75 Å². The molecule has 0 spiro atoms. The van der Waals surface area contributed by atoms with Crippen molar-refractivity contribution in [3.63, 3.8) is 0 Å². The summed E-state index contributed by atoms with van der Waals surface area (Å²) in [5.41, 5.74) is 1.60. The van der Waals surface area contributed by atoms with Gasteiger partial charge in [-0.2, -0.15) is 0 Å². The molecule has 0 aliphatic heterocycles. The molecule has 2 bridgehead atoms. The number of rotatable bonds is 1. The number of aromatic hydroxyl groups is 1. The standard InChI is InChI=1S/C16H22O/c1-15(2)11-8-9-12(10-11)16(15,3)13-6-4-5-7-14(13)17/h4-7,11-12,17H,8-10H2,1-3H3/t11-,12-,16+/m0/s1. The van der Waals surface area contributed by atoms with Gasteiger partial charge in [0.1, 0.15) is 5.75 Å². The van der Waals surface area contributed by atoms with Gasteiger partial charge in [-0.05, 0) is 42.6 Å². The van der Waals surface area contributed by atoms with E-state index in [1.807, 2.05) is 12.1 Å². The summed E-state index contributed by atoms with van der Waals surface area (Å²) in [4.78, 5) is 0. The van der Waals surface area contributed by atoms with E-state index < -0.39 is 0 Å². The largest absolute Gasteiger partial charge is 0.508 e. The van der Waals surface area contributed by atoms with Gasteiger partial charge in [-0.3, -0.25) is 0 Å². The first kappa shape index (κ1) is 11.1. The van der Waals surface area contributed by atoms with Crippen molar-refractivity contribution in [1.82, 2.24) is 0 Å². The molecule has 1 nitrogen and oxygen atoms in total. The van der Waals surface area contributed by atoms with Gasteiger partial charge in [-0.1, -0.05) is 39.0 Å². The van der Waals surface area contributed by atoms with Crippen LogP contribution in [0.25, 0.3) is 0 Å². The lowest BCUT2D eigenvalue weighted by Gasteiger charge is -2.48. The van der Waals surface area contributed by atoms with Crippen molar-refractivity contribution in [1.29, 1.82) is 0 Å². The molecule has 2 aliphatic rings. The number of fused-ring (bicyclic) bond motifs is 2. The lowest BCUT2D eigenvalue weighted by atomic mass is 9.56. The number of para-hydroxylation sites is 1. The molecule has 3 rings (SSSR count). The van der Waals surface area contributed by atoms with Crippen LogP contribution in [0.2, 0.25) is 0 Å². The van der Waals surface area contributed by atoms with Gasteiger partial charge in [0.05, 0.1) is 0 Å². The topological polar surface area (TPSA) is 20.2 Å². The van der Waals surface area contributed by atoms with Gasteiger partial charge >= 0.3 is 0 Å². The van der Waals surface area contributed by atoms with Gasteiger partial charge in [-0.15, -0.1) is 0 Å². The maximum atomic E-state index is 10.2. The summed E-state index contributed by atoms with van der Waals surface area (Å²) < 4.78 is 0. The first-order chi connectivity index (χ1) is 7.98. The zero-order chi connectivity index (χ0) is 12.3. The van der Waals surface area contributed by atoms with Gasteiger partial charge in [0.2, 0.25) is 0 Å². The van der Waals surface area contributed by atoms with Gasteiger partial charge in [-0.25, -0.2) is 0 Å². The summed E-state index contributed by atoms with van der Waals surface area (Å²) in [6, 6.07) is 7.94. The van der Waals surface area contributed by atoms with Crippen molar-refractivity contribution in [2.45, 2.75) is 45.4 Å². The Kier molecular flexibility index (Phi) is 2.14. The van der Waals surface area contributed by atoms with Crippen LogP contribution in [0, 0.1) is 17.3 Å². The molecule has 0 amide bonds. The van der Waals surface area contributed by atoms with Crippen LogP contribution in [0.15, 0.2) is 24.3 Å². The Hall–Kier alpha value is -0.980. The lowest BCUT2D eigenvalue weighted by Crippen LogP contribution is -2.44. The second kappa shape index (κ2) is 3.28. The van der Waals surface area contributed by atoms with Crippen LogP contribution < -0.4 is 0 Å². The average molecular weight is 230 g/mol. The third-order valence-electron chi connectivity index (χ3n) is 6.07. The van der Waals surface area contributed by atoms with Crippen LogP contribution in [0.3, 0.4) is 0 Å². The van der Waals surface area contributed by atoms with Crippen LogP contribution in [0.4, 0.5) is 0 Å². The van der Waals surface area contributed by atoms with E-state index in [2.05, 4.69) is 32.9 Å². The SMILES string of the molecule is CC1(C)[C@H]2CC[C@@H](C2)[C@]1(C)c1ccccc1O. The predicted octanol–water partition coefficient (Wildman–Crippen LogP) is 4.11. The first-order valence-electron chi connectivity index (χ1n) is 6.76. The highest BCUT2D eigenvalue weighted by Gasteiger charge is 2.61. The predicted molar refractivity (Wildman–Crippen MR) is 70.1 cm³/mol. The maximum absolute atomic E-state index is 10.2. The molecular weight excluding hydrogens is 208 g/mol. The molecule has 0 saturated heterocycles. The van der Waals surface area contributed by atoms with Crippen molar-refractivity contribution >= 4 is 0 Å².